The zero-order chi connectivity index (χ0) is 15.9. The van der Waals surface area contributed by atoms with Crippen molar-refractivity contribution in [3.63, 3.8) is 0 Å². The van der Waals surface area contributed by atoms with Crippen molar-refractivity contribution in [1.82, 2.24) is 4.31 Å². The molecule has 1 heterocycles. The second kappa shape index (κ2) is 5.36. The Morgan fingerprint density at radius 1 is 1.33 bits per heavy atom. The van der Waals surface area contributed by atoms with Gasteiger partial charge >= 0.3 is 0 Å². The first-order valence-electron chi connectivity index (χ1n) is 6.67. The first-order chi connectivity index (χ1) is 9.66. The minimum atomic E-state index is -3.76. The van der Waals surface area contributed by atoms with Crippen LogP contribution in [0.3, 0.4) is 0 Å². The number of nitro benzene ring substituents is 1. The zero-order valence-electron chi connectivity index (χ0n) is 12.3. The van der Waals surface area contributed by atoms with Gasteiger partial charge in [0.25, 0.3) is 5.69 Å². The minimum absolute atomic E-state index is 0.0360. The number of benzene rings is 1. The Morgan fingerprint density at radius 2 is 1.95 bits per heavy atom. The number of aryl methyl sites for hydroxylation is 2. The fraction of sp³-hybridized carbons (Fsp3) is 0.538. The smallest absolute Gasteiger partial charge is 0.276 e. The molecule has 0 aromatic heterocycles. The Kier molecular flexibility index (Phi) is 4.05. The van der Waals surface area contributed by atoms with Gasteiger partial charge in [0.05, 0.1) is 9.82 Å². The fourth-order valence-electron chi connectivity index (χ4n) is 2.94. The molecule has 2 N–H and O–H groups in total. The van der Waals surface area contributed by atoms with E-state index in [9.17, 15) is 18.5 Å². The molecule has 1 saturated heterocycles. The van der Waals surface area contributed by atoms with E-state index >= 15 is 0 Å². The van der Waals surface area contributed by atoms with E-state index in [1.54, 1.807) is 19.9 Å². The highest BCUT2D eigenvalue weighted by atomic mass is 32.2. The van der Waals surface area contributed by atoms with Crippen LogP contribution in [0.4, 0.5) is 5.69 Å². The Morgan fingerprint density at radius 3 is 2.43 bits per heavy atom. The molecule has 1 unspecified atom stereocenters. The lowest BCUT2D eigenvalue weighted by Crippen LogP contribution is -2.33. The Labute approximate surface area is 123 Å². The number of hydrogen-bond donors (Lipinski definition) is 1. The minimum Gasteiger partial charge on any atom is -0.326 e. The molecule has 1 aliphatic rings. The molecule has 8 heteroatoms. The van der Waals surface area contributed by atoms with Crippen molar-refractivity contribution in [2.75, 3.05) is 13.1 Å². The first kappa shape index (κ1) is 15.9. The molecule has 0 radical (unpaired) electrons. The van der Waals surface area contributed by atoms with E-state index in [0.717, 1.165) is 0 Å². The van der Waals surface area contributed by atoms with Crippen molar-refractivity contribution in [2.24, 2.45) is 5.73 Å². The Hall–Kier alpha value is -1.51. The van der Waals surface area contributed by atoms with Crippen molar-refractivity contribution in [3.8, 4) is 0 Å². The summed E-state index contributed by atoms with van der Waals surface area (Å²) in [6.07, 6.45) is 0.602. The Balaban J connectivity index is 2.64. The third kappa shape index (κ3) is 2.66. The lowest BCUT2D eigenvalue weighted by Gasteiger charge is -2.19. The molecule has 2 rings (SSSR count). The average molecular weight is 313 g/mol. The largest absolute Gasteiger partial charge is 0.326 e. The van der Waals surface area contributed by atoms with Crippen LogP contribution in [0.15, 0.2) is 11.0 Å². The monoisotopic (exact) mass is 313 g/mol. The molecule has 0 spiro atoms. The fourth-order valence-corrected chi connectivity index (χ4v) is 4.88. The second-order valence-electron chi connectivity index (χ2n) is 5.48. The lowest BCUT2D eigenvalue weighted by molar-refractivity contribution is -0.386. The van der Waals surface area contributed by atoms with Crippen LogP contribution in [-0.4, -0.2) is 36.8 Å². The van der Waals surface area contributed by atoms with Gasteiger partial charge in [-0.2, -0.15) is 4.31 Å². The van der Waals surface area contributed by atoms with E-state index in [2.05, 4.69) is 0 Å². The van der Waals surface area contributed by atoms with Crippen LogP contribution in [0.1, 0.15) is 23.1 Å². The van der Waals surface area contributed by atoms with Gasteiger partial charge < -0.3 is 5.73 Å². The predicted molar refractivity (Wildman–Crippen MR) is 78.7 cm³/mol. The van der Waals surface area contributed by atoms with Gasteiger partial charge in [0, 0.05) is 30.3 Å². The summed E-state index contributed by atoms with van der Waals surface area (Å²) in [7, 11) is -3.76. The molecule has 0 aliphatic carbocycles. The zero-order valence-corrected chi connectivity index (χ0v) is 13.1. The molecule has 1 atom stereocenters. The van der Waals surface area contributed by atoms with Crippen molar-refractivity contribution in [1.29, 1.82) is 0 Å². The van der Waals surface area contributed by atoms with Crippen LogP contribution < -0.4 is 5.73 Å². The summed E-state index contributed by atoms with van der Waals surface area (Å²) in [6, 6.07) is 1.37. The number of hydrogen-bond acceptors (Lipinski definition) is 5. The van der Waals surface area contributed by atoms with Crippen LogP contribution in [-0.2, 0) is 10.0 Å². The van der Waals surface area contributed by atoms with Gasteiger partial charge in [-0.05, 0) is 38.8 Å². The summed E-state index contributed by atoms with van der Waals surface area (Å²) < 4.78 is 26.8. The molecule has 1 aromatic carbocycles. The number of nitro groups is 1. The summed E-state index contributed by atoms with van der Waals surface area (Å²) in [5.41, 5.74) is 6.81. The van der Waals surface area contributed by atoms with E-state index in [4.69, 9.17) is 5.73 Å². The van der Waals surface area contributed by atoms with E-state index < -0.39 is 14.9 Å². The van der Waals surface area contributed by atoms with Gasteiger partial charge in [0.2, 0.25) is 10.0 Å². The summed E-state index contributed by atoms with van der Waals surface area (Å²) in [4.78, 5) is 10.7. The van der Waals surface area contributed by atoms with Gasteiger partial charge in [-0.3, -0.25) is 10.1 Å². The summed E-state index contributed by atoms with van der Waals surface area (Å²) in [5, 5.41) is 11.2. The highest BCUT2D eigenvalue weighted by Crippen LogP contribution is 2.34. The first-order valence-corrected chi connectivity index (χ1v) is 8.11. The Bertz CT molecular complexity index is 700. The van der Waals surface area contributed by atoms with Gasteiger partial charge in [0.15, 0.2) is 0 Å². The molecule has 1 aliphatic heterocycles. The third-order valence-electron chi connectivity index (χ3n) is 3.83. The van der Waals surface area contributed by atoms with Gasteiger partial charge in [0.1, 0.15) is 0 Å². The van der Waals surface area contributed by atoms with Crippen molar-refractivity contribution in [2.45, 2.75) is 38.1 Å². The quantitative estimate of drug-likeness (QED) is 0.667. The van der Waals surface area contributed by atoms with Gasteiger partial charge in [-0.25, -0.2) is 8.42 Å². The van der Waals surface area contributed by atoms with Crippen LogP contribution in [0.2, 0.25) is 0 Å². The van der Waals surface area contributed by atoms with E-state index in [1.165, 1.54) is 11.2 Å². The van der Waals surface area contributed by atoms with Crippen LogP contribution in [0, 0.1) is 30.9 Å². The molecule has 1 fully saturated rings. The van der Waals surface area contributed by atoms with E-state index in [1.807, 2.05) is 0 Å². The maximum atomic E-state index is 12.8. The van der Waals surface area contributed by atoms with Crippen molar-refractivity contribution >= 4 is 15.7 Å². The maximum absolute atomic E-state index is 12.8. The molecular formula is C13H19N3O4S. The lowest BCUT2D eigenvalue weighted by atomic mass is 10.1. The number of rotatable bonds is 3. The van der Waals surface area contributed by atoms with Gasteiger partial charge in [-0.1, -0.05) is 0 Å². The molecule has 7 nitrogen and oxygen atoms in total. The third-order valence-corrected chi connectivity index (χ3v) is 5.98. The van der Waals surface area contributed by atoms with Crippen molar-refractivity contribution < 1.29 is 13.3 Å². The molecular weight excluding hydrogens is 294 g/mol. The molecule has 0 saturated carbocycles. The van der Waals surface area contributed by atoms with Crippen LogP contribution in [0.25, 0.3) is 0 Å². The van der Waals surface area contributed by atoms with Crippen LogP contribution >= 0.6 is 0 Å². The molecule has 0 amide bonds. The molecule has 1 aromatic rings. The van der Waals surface area contributed by atoms with Crippen molar-refractivity contribution in [3.05, 3.63) is 32.9 Å². The van der Waals surface area contributed by atoms with E-state index in [-0.39, 0.29) is 28.7 Å². The van der Waals surface area contributed by atoms with E-state index in [0.29, 0.717) is 24.1 Å². The number of sulfonamides is 1. The normalized spacial score (nSPS) is 19.9. The molecule has 0 bridgehead atoms. The second-order valence-corrected chi connectivity index (χ2v) is 7.36. The highest BCUT2D eigenvalue weighted by molar-refractivity contribution is 7.89. The number of nitrogens with zero attached hydrogens (tertiary/aromatic N) is 2. The molecule has 21 heavy (non-hydrogen) atoms. The highest BCUT2D eigenvalue weighted by Gasteiger charge is 2.35. The summed E-state index contributed by atoms with van der Waals surface area (Å²) >= 11 is 0. The maximum Gasteiger partial charge on any atom is 0.276 e. The van der Waals surface area contributed by atoms with Crippen LogP contribution in [0.5, 0.6) is 0 Å². The number of nitrogens with two attached hydrogens (primary N) is 1. The summed E-state index contributed by atoms with van der Waals surface area (Å²) in [6.45, 7) is 5.36. The molecule has 116 valence electrons. The van der Waals surface area contributed by atoms with Gasteiger partial charge in [-0.15, -0.1) is 0 Å². The summed E-state index contributed by atoms with van der Waals surface area (Å²) in [5.74, 6) is 0. The predicted octanol–water partition coefficient (Wildman–Crippen LogP) is 1.24. The SMILES string of the molecule is Cc1cc(C)c(S(=O)(=O)N2CCC(N)C2)c(C)c1[N+](=O)[O-]. The average Bonchev–Trinajstić information content (AvgIpc) is 2.74. The standard InChI is InChI=1S/C13H19N3O4S/c1-8-6-9(2)13(10(3)12(8)16(17)18)21(19,20)15-5-4-11(14)7-15/h6,11H,4-5,7,14H2,1-3H3. The topological polar surface area (TPSA) is 107 Å².